The number of methoxy groups -OCH3 is 1. The topological polar surface area (TPSA) is 56.8 Å². The minimum absolute atomic E-state index is 0.130. The van der Waals surface area contributed by atoms with E-state index in [1.54, 1.807) is 19.2 Å². The normalized spacial score (nSPS) is 14.5. The first-order chi connectivity index (χ1) is 12.6. The molecule has 1 amide bonds. The van der Waals surface area contributed by atoms with Crippen molar-refractivity contribution in [1.82, 2.24) is 5.32 Å². The zero-order valence-corrected chi connectivity index (χ0v) is 15.5. The predicted octanol–water partition coefficient (Wildman–Crippen LogP) is 3.98. The van der Waals surface area contributed by atoms with E-state index in [9.17, 15) is 4.79 Å². The number of rotatable bonds is 5. The second kappa shape index (κ2) is 8.13. The summed E-state index contributed by atoms with van der Waals surface area (Å²) < 4.78 is 16.7. The van der Waals surface area contributed by atoms with Crippen LogP contribution in [0, 0.1) is 5.92 Å². The molecule has 26 heavy (non-hydrogen) atoms. The highest BCUT2D eigenvalue weighted by Crippen LogP contribution is 2.34. The van der Waals surface area contributed by atoms with Crippen LogP contribution in [0.3, 0.4) is 0 Å². The molecule has 0 unspecified atom stereocenters. The molecule has 5 heteroatoms. The van der Waals surface area contributed by atoms with E-state index in [0.717, 1.165) is 23.5 Å². The molecule has 1 aliphatic rings. The molecule has 2 aromatic carbocycles. The molecule has 1 heterocycles. The van der Waals surface area contributed by atoms with Crippen molar-refractivity contribution in [2.24, 2.45) is 5.92 Å². The number of carbonyl (C=O) groups excluding carboxylic acids is 1. The fourth-order valence-corrected chi connectivity index (χ4v) is 3.00. The summed E-state index contributed by atoms with van der Waals surface area (Å²) in [5.41, 5.74) is 1.57. The van der Waals surface area contributed by atoms with Crippen LogP contribution in [0.25, 0.3) is 0 Å². The third-order valence-electron chi connectivity index (χ3n) is 4.42. The van der Waals surface area contributed by atoms with Gasteiger partial charge in [0.05, 0.1) is 26.4 Å². The second-order valence-electron chi connectivity index (χ2n) is 6.68. The highest BCUT2D eigenvalue weighted by atomic mass is 16.5. The summed E-state index contributed by atoms with van der Waals surface area (Å²) in [5, 5.41) is 3.13. The molecule has 0 radical (unpaired) electrons. The van der Waals surface area contributed by atoms with Gasteiger partial charge in [-0.2, -0.15) is 0 Å². The molecule has 1 N–H and O–H groups in total. The largest absolute Gasteiger partial charge is 0.497 e. The first-order valence-electron chi connectivity index (χ1n) is 8.93. The minimum atomic E-state index is -0.133. The van der Waals surface area contributed by atoms with Crippen LogP contribution in [0.2, 0.25) is 0 Å². The van der Waals surface area contributed by atoms with Crippen LogP contribution in [-0.4, -0.2) is 26.2 Å². The van der Waals surface area contributed by atoms with Gasteiger partial charge in [0.1, 0.15) is 5.75 Å². The molecular weight excluding hydrogens is 330 g/mol. The molecule has 0 aromatic heterocycles. The molecular formula is C21H25NO4. The van der Waals surface area contributed by atoms with Crippen molar-refractivity contribution >= 4 is 5.91 Å². The summed E-state index contributed by atoms with van der Waals surface area (Å²) in [4.78, 5) is 12.7. The summed E-state index contributed by atoms with van der Waals surface area (Å²) in [6.07, 6.45) is 0.865. The average Bonchev–Trinajstić information content (AvgIpc) is 2.90. The van der Waals surface area contributed by atoms with E-state index in [1.165, 1.54) is 0 Å². The Morgan fingerprint density at radius 3 is 2.58 bits per heavy atom. The standard InChI is InChI=1S/C21H25NO4/c1-14(2)20(22-21(23)16-6-4-7-17(12-16)24-3)15-8-9-18-19(13-15)26-11-5-10-25-18/h4,6-9,12-14,20H,5,10-11H2,1-3H3,(H,22,23)/t20-/m1/s1. The van der Waals surface area contributed by atoms with Gasteiger partial charge in [-0.05, 0) is 41.8 Å². The third kappa shape index (κ3) is 4.10. The summed E-state index contributed by atoms with van der Waals surface area (Å²) in [6.45, 7) is 5.46. The predicted molar refractivity (Wildman–Crippen MR) is 100 cm³/mol. The molecule has 0 aliphatic carbocycles. The summed E-state index contributed by atoms with van der Waals surface area (Å²) in [7, 11) is 1.59. The maximum Gasteiger partial charge on any atom is 0.251 e. The molecule has 0 saturated heterocycles. The number of ether oxygens (including phenoxy) is 3. The van der Waals surface area contributed by atoms with Gasteiger partial charge in [0, 0.05) is 12.0 Å². The minimum Gasteiger partial charge on any atom is -0.497 e. The Balaban J connectivity index is 1.83. The van der Waals surface area contributed by atoms with E-state index < -0.39 is 0 Å². The summed E-state index contributed by atoms with van der Waals surface area (Å²) in [6, 6.07) is 12.9. The lowest BCUT2D eigenvalue weighted by atomic mass is 9.95. The van der Waals surface area contributed by atoms with Gasteiger partial charge >= 0.3 is 0 Å². The fourth-order valence-electron chi connectivity index (χ4n) is 3.00. The quantitative estimate of drug-likeness (QED) is 0.881. The van der Waals surface area contributed by atoms with Crippen molar-refractivity contribution in [1.29, 1.82) is 0 Å². The smallest absolute Gasteiger partial charge is 0.251 e. The lowest BCUT2D eigenvalue weighted by Crippen LogP contribution is -2.31. The number of carbonyl (C=O) groups is 1. The molecule has 0 fully saturated rings. The number of hydrogen-bond donors (Lipinski definition) is 1. The number of amides is 1. The summed E-state index contributed by atoms with van der Waals surface area (Å²) >= 11 is 0. The molecule has 3 rings (SSSR count). The van der Waals surface area contributed by atoms with E-state index in [-0.39, 0.29) is 17.9 Å². The Hall–Kier alpha value is -2.69. The molecule has 5 nitrogen and oxygen atoms in total. The van der Waals surface area contributed by atoms with Crippen LogP contribution in [0.5, 0.6) is 17.2 Å². The molecule has 138 valence electrons. The Labute approximate surface area is 154 Å². The van der Waals surface area contributed by atoms with Crippen LogP contribution in [-0.2, 0) is 0 Å². The SMILES string of the molecule is COc1cccc(C(=O)N[C@@H](c2ccc3c(c2)OCCCO3)C(C)C)c1. The van der Waals surface area contributed by atoms with Gasteiger partial charge in [0.25, 0.3) is 5.91 Å². The van der Waals surface area contributed by atoms with E-state index >= 15 is 0 Å². The van der Waals surface area contributed by atoms with Gasteiger partial charge < -0.3 is 19.5 Å². The van der Waals surface area contributed by atoms with Gasteiger partial charge in [0.15, 0.2) is 11.5 Å². The Bertz CT molecular complexity index is 772. The maximum absolute atomic E-state index is 12.7. The van der Waals surface area contributed by atoms with Gasteiger partial charge in [-0.15, -0.1) is 0 Å². The van der Waals surface area contributed by atoms with Crippen LogP contribution >= 0.6 is 0 Å². The Kier molecular flexibility index (Phi) is 5.66. The van der Waals surface area contributed by atoms with Gasteiger partial charge in [-0.1, -0.05) is 26.0 Å². The summed E-state index contributed by atoms with van der Waals surface area (Å²) in [5.74, 6) is 2.24. The fraction of sp³-hybridized carbons (Fsp3) is 0.381. The first kappa shape index (κ1) is 18.1. The zero-order valence-electron chi connectivity index (χ0n) is 15.5. The molecule has 0 saturated carbocycles. The molecule has 1 atom stereocenters. The molecule has 2 aromatic rings. The van der Waals surface area contributed by atoms with Gasteiger partial charge in [0.2, 0.25) is 0 Å². The van der Waals surface area contributed by atoms with Crippen molar-refractivity contribution in [3.8, 4) is 17.2 Å². The van der Waals surface area contributed by atoms with Crippen LogP contribution in [0.4, 0.5) is 0 Å². The average molecular weight is 355 g/mol. The van der Waals surface area contributed by atoms with Gasteiger partial charge in [-0.25, -0.2) is 0 Å². The van der Waals surface area contributed by atoms with E-state index in [2.05, 4.69) is 19.2 Å². The van der Waals surface area contributed by atoms with Crippen molar-refractivity contribution in [2.45, 2.75) is 26.3 Å². The number of nitrogens with one attached hydrogen (secondary N) is 1. The van der Waals surface area contributed by atoms with E-state index in [1.807, 2.05) is 30.3 Å². The van der Waals surface area contributed by atoms with Crippen LogP contribution in [0.15, 0.2) is 42.5 Å². The van der Waals surface area contributed by atoms with E-state index in [4.69, 9.17) is 14.2 Å². The van der Waals surface area contributed by atoms with Gasteiger partial charge in [-0.3, -0.25) is 4.79 Å². The van der Waals surface area contributed by atoms with Crippen molar-refractivity contribution in [3.63, 3.8) is 0 Å². The molecule has 0 spiro atoms. The zero-order chi connectivity index (χ0) is 18.5. The maximum atomic E-state index is 12.7. The van der Waals surface area contributed by atoms with Crippen molar-refractivity contribution in [3.05, 3.63) is 53.6 Å². The lowest BCUT2D eigenvalue weighted by molar-refractivity contribution is 0.0925. The monoisotopic (exact) mass is 355 g/mol. The van der Waals surface area contributed by atoms with Crippen LogP contribution in [0.1, 0.15) is 42.2 Å². The lowest BCUT2D eigenvalue weighted by Gasteiger charge is -2.24. The highest BCUT2D eigenvalue weighted by Gasteiger charge is 2.22. The number of fused-ring (bicyclic) bond motifs is 1. The molecule has 0 bridgehead atoms. The van der Waals surface area contributed by atoms with Crippen LogP contribution < -0.4 is 19.5 Å². The van der Waals surface area contributed by atoms with Crippen molar-refractivity contribution in [2.75, 3.05) is 20.3 Å². The third-order valence-corrected chi connectivity index (χ3v) is 4.42. The number of hydrogen-bond acceptors (Lipinski definition) is 4. The Morgan fingerprint density at radius 2 is 1.85 bits per heavy atom. The highest BCUT2D eigenvalue weighted by molar-refractivity contribution is 5.94. The van der Waals surface area contributed by atoms with Crippen molar-refractivity contribution < 1.29 is 19.0 Å². The Morgan fingerprint density at radius 1 is 1.08 bits per heavy atom. The second-order valence-corrected chi connectivity index (χ2v) is 6.68. The van der Waals surface area contributed by atoms with E-state index in [0.29, 0.717) is 24.5 Å². The molecule has 1 aliphatic heterocycles. The number of benzene rings is 2. The first-order valence-corrected chi connectivity index (χ1v) is 8.93.